The third kappa shape index (κ3) is 5.34. The van der Waals surface area contributed by atoms with Crippen LogP contribution >= 0.6 is 54.2 Å². The van der Waals surface area contributed by atoms with E-state index in [1.54, 1.807) is 0 Å². The van der Waals surface area contributed by atoms with Crippen molar-refractivity contribution in [1.82, 2.24) is 0 Å². The van der Waals surface area contributed by atoms with Gasteiger partial charge in [0, 0.05) is 0 Å². The Labute approximate surface area is 108 Å². The van der Waals surface area contributed by atoms with E-state index in [0.29, 0.717) is 0 Å². The second kappa shape index (κ2) is 5.67. The normalized spacial score (nSPS) is 14.3. The summed E-state index contributed by atoms with van der Waals surface area (Å²) in [4.78, 5) is 0. The van der Waals surface area contributed by atoms with Crippen LogP contribution < -0.4 is 0 Å². The van der Waals surface area contributed by atoms with Crippen LogP contribution in [0.2, 0.25) is 0 Å². The number of rotatable bonds is 2. The van der Waals surface area contributed by atoms with E-state index >= 15 is 0 Å². The van der Waals surface area contributed by atoms with E-state index in [1.807, 2.05) is 18.2 Å². The molecule has 72 valence electrons. The topological polar surface area (TPSA) is 0 Å². The molecule has 0 bridgehead atoms. The standard InChI is InChI=1S/C8H6Br4Te/c9-8(6-13(10,11)12)7-4-2-1-3-5-7/h1-6H/b8-6-. The zero-order chi connectivity index (χ0) is 9.90. The predicted octanol–water partition coefficient (Wildman–Crippen LogP) is 5.09. The zero-order valence-electron chi connectivity index (χ0n) is 6.38. The minimum atomic E-state index is -2.16. The van der Waals surface area contributed by atoms with Gasteiger partial charge in [-0.1, -0.05) is 0 Å². The second-order valence-electron chi connectivity index (χ2n) is 2.27. The van der Waals surface area contributed by atoms with Gasteiger partial charge in [-0.15, -0.1) is 0 Å². The van der Waals surface area contributed by atoms with E-state index in [2.05, 4.69) is 70.5 Å². The molecule has 0 unspecified atom stereocenters. The van der Waals surface area contributed by atoms with Gasteiger partial charge >= 0.3 is 110 Å². The van der Waals surface area contributed by atoms with Crippen LogP contribution in [0.25, 0.3) is 4.48 Å². The summed E-state index contributed by atoms with van der Waals surface area (Å²) in [6.07, 6.45) is 0. The van der Waals surface area contributed by atoms with Crippen molar-refractivity contribution in [3.05, 3.63) is 40.0 Å². The van der Waals surface area contributed by atoms with Crippen molar-refractivity contribution in [2.45, 2.75) is 0 Å². The average Bonchev–Trinajstić information content (AvgIpc) is 2.03. The first kappa shape index (κ1) is 12.7. The van der Waals surface area contributed by atoms with Gasteiger partial charge in [0.25, 0.3) is 0 Å². The Hall–Kier alpha value is 1.67. The fourth-order valence-electron chi connectivity index (χ4n) is 0.783. The van der Waals surface area contributed by atoms with E-state index < -0.39 is 11.6 Å². The summed E-state index contributed by atoms with van der Waals surface area (Å²) in [5.41, 5.74) is 1.19. The Bertz CT molecular complexity index is 302. The second-order valence-corrected chi connectivity index (χ2v) is 44.4. The molecular weight excluding hydrogens is 543 g/mol. The number of hydrogen-bond donors (Lipinski definition) is 0. The molecule has 1 aromatic rings. The molecule has 5 heteroatoms. The Kier molecular flexibility index (Phi) is 5.56. The fraction of sp³-hybridized carbons (Fsp3) is 0. The summed E-state index contributed by atoms with van der Waals surface area (Å²) in [5.74, 6) is 0. The van der Waals surface area contributed by atoms with Crippen molar-refractivity contribution in [1.29, 1.82) is 0 Å². The molecule has 0 aliphatic carbocycles. The van der Waals surface area contributed by atoms with Gasteiger partial charge in [-0.25, -0.2) is 0 Å². The van der Waals surface area contributed by atoms with Crippen LogP contribution in [0.5, 0.6) is 0 Å². The molecule has 0 N–H and O–H groups in total. The van der Waals surface area contributed by atoms with Crippen LogP contribution in [0, 0.1) is 0 Å². The molecule has 0 heterocycles. The van der Waals surface area contributed by atoms with Crippen molar-refractivity contribution >= 4 is 70.2 Å². The van der Waals surface area contributed by atoms with Gasteiger partial charge in [0.15, 0.2) is 0 Å². The van der Waals surface area contributed by atoms with Crippen LogP contribution in [-0.2, 0) is 0 Å². The van der Waals surface area contributed by atoms with Gasteiger partial charge in [0.1, 0.15) is 0 Å². The van der Waals surface area contributed by atoms with E-state index in [4.69, 9.17) is 0 Å². The zero-order valence-corrected chi connectivity index (χ0v) is 15.1. The maximum absolute atomic E-state index is 3.59. The molecule has 0 nitrogen and oxygen atoms in total. The molecule has 0 aromatic heterocycles. The molecule has 0 spiro atoms. The molecule has 1 rings (SSSR count). The molecule has 0 fully saturated rings. The monoisotopic (exact) mass is 548 g/mol. The van der Waals surface area contributed by atoms with Gasteiger partial charge in [0.2, 0.25) is 0 Å². The van der Waals surface area contributed by atoms with Crippen LogP contribution in [0.1, 0.15) is 5.56 Å². The molecule has 0 aliphatic heterocycles. The summed E-state index contributed by atoms with van der Waals surface area (Å²) in [6, 6.07) is 10.2. The Balaban J connectivity index is 2.92. The van der Waals surface area contributed by atoms with Gasteiger partial charge in [-0.2, -0.15) is 0 Å². The Morgan fingerprint density at radius 3 is 2.08 bits per heavy atom. The summed E-state index contributed by atoms with van der Waals surface area (Å²) in [6.45, 7) is 0. The van der Waals surface area contributed by atoms with Gasteiger partial charge in [-0.05, 0) is 0 Å². The first-order valence-electron chi connectivity index (χ1n) is 3.34. The molecule has 0 saturated carbocycles. The first-order chi connectivity index (χ1) is 5.99. The number of hydrogen-bond acceptors (Lipinski definition) is 0. The van der Waals surface area contributed by atoms with E-state index in [1.165, 1.54) is 5.56 Å². The van der Waals surface area contributed by atoms with Crippen LogP contribution in [0.4, 0.5) is 0 Å². The molecule has 0 saturated heterocycles. The van der Waals surface area contributed by atoms with Crippen molar-refractivity contribution < 1.29 is 0 Å². The Morgan fingerprint density at radius 2 is 1.62 bits per heavy atom. The van der Waals surface area contributed by atoms with Gasteiger partial charge in [-0.3, -0.25) is 0 Å². The van der Waals surface area contributed by atoms with E-state index in [9.17, 15) is 0 Å². The van der Waals surface area contributed by atoms with Crippen LogP contribution in [0.15, 0.2) is 34.5 Å². The average molecular weight is 549 g/mol. The number of halogens is 4. The summed E-state index contributed by atoms with van der Waals surface area (Å²) in [5, 5.41) is 0. The van der Waals surface area contributed by atoms with Crippen molar-refractivity contribution in [3.8, 4) is 0 Å². The van der Waals surface area contributed by atoms with Crippen LogP contribution in [-0.4, -0.2) is 11.6 Å². The SMILES string of the molecule is Br/C(=C\[Te](Br)(Br)Br)c1ccccc1. The third-order valence-corrected chi connectivity index (χ3v) is 8.11. The van der Waals surface area contributed by atoms with Crippen molar-refractivity contribution in [2.75, 3.05) is 0 Å². The fourth-order valence-corrected chi connectivity index (χ4v) is 12.8. The molecule has 0 atom stereocenters. The van der Waals surface area contributed by atoms with Crippen LogP contribution in [0.3, 0.4) is 0 Å². The van der Waals surface area contributed by atoms with E-state index in [-0.39, 0.29) is 0 Å². The maximum atomic E-state index is 3.59. The summed E-state index contributed by atoms with van der Waals surface area (Å²) < 4.78 is 3.28. The quantitative estimate of drug-likeness (QED) is 0.452. The molecule has 0 radical (unpaired) electrons. The van der Waals surface area contributed by atoms with Crippen molar-refractivity contribution in [3.63, 3.8) is 0 Å². The molecule has 13 heavy (non-hydrogen) atoms. The molecular formula is C8H6Br4Te. The first-order valence-corrected chi connectivity index (χ1v) is 21.1. The minimum absolute atomic E-state index is 1.11. The predicted molar refractivity (Wildman–Crippen MR) is 75.9 cm³/mol. The molecule has 0 aliphatic rings. The Morgan fingerprint density at radius 1 is 1.08 bits per heavy atom. The number of benzene rings is 1. The molecule has 0 amide bonds. The molecule has 1 aromatic carbocycles. The van der Waals surface area contributed by atoms with E-state index in [0.717, 1.165) is 4.48 Å². The summed E-state index contributed by atoms with van der Waals surface area (Å²) >= 11 is 12.2. The van der Waals surface area contributed by atoms with Gasteiger partial charge in [0.05, 0.1) is 0 Å². The van der Waals surface area contributed by atoms with Crippen molar-refractivity contribution in [2.24, 2.45) is 0 Å². The van der Waals surface area contributed by atoms with Gasteiger partial charge < -0.3 is 0 Å². The summed E-state index contributed by atoms with van der Waals surface area (Å²) in [7, 11) is 0. The third-order valence-electron chi connectivity index (χ3n) is 1.29.